The van der Waals surface area contributed by atoms with E-state index in [4.69, 9.17) is 4.74 Å². The number of aryl methyl sites for hydroxylation is 1. The Morgan fingerprint density at radius 2 is 1.76 bits per heavy atom. The van der Waals surface area contributed by atoms with Crippen LogP contribution in [-0.4, -0.2) is 24.5 Å². The molecule has 1 fully saturated rings. The summed E-state index contributed by atoms with van der Waals surface area (Å²) in [5, 5.41) is 3.19. The van der Waals surface area contributed by atoms with E-state index in [0.717, 1.165) is 42.1 Å². The number of H-pyrrole nitrogens is 1. The van der Waals surface area contributed by atoms with Crippen molar-refractivity contribution in [1.82, 2.24) is 10.3 Å². The number of allylic oxidation sites excluding steroid dienone is 4. The van der Waals surface area contributed by atoms with Crippen molar-refractivity contribution < 1.29 is 9.53 Å². The molecule has 1 aromatic heterocycles. The Balaban J connectivity index is 0.00000137. The molecule has 1 aromatic carbocycles. The summed E-state index contributed by atoms with van der Waals surface area (Å²) in [5.41, 5.74) is 4.92. The van der Waals surface area contributed by atoms with Crippen molar-refractivity contribution in [3.63, 3.8) is 0 Å². The van der Waals surface area contributed by atoms with Gasteiger partial charge in [-0.3, -0.25) is 4.79 Å². The summed E-state index contributed by atoms with van der Waals surface area (Å²) < 4.78 is 5.34. The van der Waals surface area contributed by atoms with Crippen LogP contribution >= 0.6 is 0 Å². The van der Waals surface area contributed by atoms with Crippen molar-refractivity contribution in [3.8, 4) is 17.0 Å². The minimum atomic E-state index is -0.0117. The molecule has 2 N–H and O–H groups in total. The van der Waals surface area contributed by atoms with Crippen molar-refractivity contribution in [2.45, 2.75) is 74.1 Å². The van der Waals surface area contributed by atoms with Gasteiger partial charge in [0.25, 0.3) is 5.91 Å². The van der Waals surface area contributed by atoms with Gasteiger partial charge in [0.1, 0.15) is 5.75 Å². The number of amides is 1. The molecule has 1 aliphatic carbocycles. The lowest BCUT2D eigenvalue weighted by atomic mass is 9.78. The highest BCUT2D eigenvalue weighted by Gasteiger charge is 2.24. The predicted molar refractivity (Wildman–Crippen MR) is 147 cm³/mol. The van der Waals surface area contributed by atoms with Crippen LogP contribution in [0.25, 0.3) is 11.3 Å². The summed E-state index contributed by atoms with van der Waals surface area (Å²) in [5.74, 6) is 1.97. The largest absolute Gasteiger partial charge is 0.497 e. The van der Waals surface area contributed by atoms with Crippen LogP contribution in [0.15, 0.2) is 54.1 Å². The molecule has 1 aliphatic rings. The number of ether oxygens (including phenoxy) is 1. The maximum Gasteiger partial charge on any atom is 0.253 e. The first-order valence-corrected chi connectivity index (χ1v) is 13.0. The number of rotatable bonds is 7. The molecule has 0 bridgehead atoms. The van der Waals surface area contributed by atoms with Gasteiger partial charge >= 0.3 is 0 Å². The summed E-state index contributed by atoms with van der Waals surface area (Å²) >= 11 is 0. The summed E-state index contributed by atoms with van der Waals surface area (Å²) in [6.45, 7) is 14.9. The summed E-state index contributed by atoms with van der Waals surface area (Å²) in [6, 6.07) is 9.72. The van der Waals surface area contributed by atoms with Crippen LogP contribution < -0.4 is 10.1 Å². The van der Waals surface area contributed by atoms with Crippen LogP contribution in [0.3, 0.4) is 0 Å². The van der Waals surface area contributed by atoms with Gasteiger partial charge < -0.3 is 15.0 Å². The van der Waals surface area contributed by atoms with E-state index in [2.05, 4.69) is 42.4 Å². The van der Waals surface area contributed by atoms with E-state index < -0.39 is 0 Å². The zero-order valence-corrected chi connectivity index (χ0v) is 22.6. The summed E-state index contributed by atoms with van der Waals surface area (Å²) in [7, 11) is 1.65. The number of methoxy groups -OCH3 is 1. The number of carbonyl (C=O) groups excluding carboxylic acids is 1. The Hall–Kier alpha value is -2.75. The van der Waals surface area contributed by atoms with Crippen LogP contribution in [0.4, 0.5) is 0 Å². The Kier molecular flexibility index (Phi) is 13.8. The molecule has 0 unspecified atom stereocenters. The van der Waals surface area contributed by atoms with Gasteiger partial charge in [0.15, 0.2) is 0 Å². The van der Waals surface area contributed by atoms with Crippen LogP contribution in [0.2, 0.25) is 0 Å². The number of carbonyl (C=O) groups is 1. The average molecular weight is 467 g/mol. The van der Waals surface area contributed by atoms with Crippen molar-refractivity contribution >= 4 is 5.91 Å². The molecule has 1 heterocycles. The number of aromatic nitrogens is 1. The molecule has 34 heavy (non-hydrogen) atoms. The van der Waals surface area contributed by atoms with Crippen molar-refractivity contribution in [2.24, 2.45) is 11.8 Å². The predicted octanol–water partition coefficient (Wildman–Crippen LogP) is 8.11. The fraction of sp³-hybridized carbons (Fsp3) is 0.500. The second-order valence-corrected chi connectivity index (χ2v) is 8.19. The van der Waals surface area contributed by atoms with Crippen LogP contribution in [-0.2, 0) is 0 Å². The highest BCUT2D eigenvalue weighted by molar-refractivity contribution is 6.00. The van der Waals surface area contributed by atoms with Crippen LogP contribution in [0.5, 0.6) is 5.75 Å². The lowest BCUT2D eigenvalue weighted by Gasteiger charge is -2.29. The normalized spacial score (nSPS) is 17.8. The van der Waals surface area contributed by atoms with E-state index in [1.54, 1.807) is 7.11 Å². The first kappa shape index (κ1) is 29.3. The fourth-order valence-electron chi connectivity index (χ4n) is 4.47. The Labute approximate surface area is 207 Å². The highest BCUT2D eigenvalue weighted by atomic mass is 16.5. The lowest BCUT2D eigenvalue weighted by molar-refractivity contribution is 0.0943. The SMILES string of the molecule is C/C=C\C(=C/C)C1CCC(CNC(=O)c2cc(C)[nH]c2-c2cccc(OC)c2)CC1.CC.CC. The second-order valence-electron chi connectivity index (χ2n) is 8.19. The molecule has 4 heteroatoms. The molecular formula is C30H46N2O2. The molecule has 0 spiro atoms. The third-order valence-electron chi connectivity index (χ3n) is 6.12. The van der Waals surface area contributed by atoms with E-state index in [9.17, 15) is 4.79 Å². The lowest BCUT2D eigenvalue weighted by Crippen LogP contribution is -2.31. The third-order valence-corrected chi connectivity index (χ3v) is 6.12. The first-order chi connectivity index (χ1) is 16.5. The summed E-state index contributed by atoms with van der Waals surface area (Å²) in [6.07, 6.45) is 11.3. The highest BCUT2D eigenvalue weighted by Crippen LogP contribution is 2.34. The van der Waals surface area contributed by atoms with E-state index in [1.807, 2.05) is 65.0 Å². The Morgan fingerprint density at radius 3 is 2.35 bits per heavy atom. The molecule has 0 saturated heterocycles. The number of benzene rings is 1. The van der Waals surface area contributed by atoms with E-state index in [-0.39, 0.29) is 5.91 Å². The number of hydrogen-bond acceptors (Lipinski definition) is 2. The smallest absolute Gasteiger partial charge is 0.253 e. The quantitative estimate of drug-likeness (QED) is 0.405. The Bertz CT molecular complexity index is 916. The molecular weight excluding hydrogens is 420 g/mol. The van der Waals surface area contributed by atoms with Gasteiger partial charge in [-0.15, -0.1) is 0 Å². The molecule has 3 rings (SSSR count). The molecule has 4 nitrogen and oxygen atoms in total. The second kappa shape index (κ2) is 16.0. The van der Waals surface area contributed by atoms with Gasteiger partial charge in [-0.05, 0) is 82.1 Å². The molecule has 188 valence electrons. The third kappa shape index (κ3) is 8.23. The molecule has 0 radical (unpaired) electrons. The van der Waals surface area contributed by atoms with E-state index in [1.165, 1.54) is 18.4 Å². The molecule has 0 aliphatic heterocycles. The van der Waals surface area contributed by atoms with Gasteiger partial charge in [0.2, 0.25) is 0 Å². The van der Waals surface area contributed by atoms with Gasteiger partial charge in [0, 0.05) is 17.8 Å². The van der Waals surface area contributed by atoms with E-state index in [0.29, 0.717) is 17.4 Å². The van der Waals surface area contributed by atoms with Gasteiger partial charge in [0.05, 0.1) is 18.4 Å². The first-order valence-electron chi connectivity index (χ1n) is 13.0. The Morgan fingerprint density at radius 1 is 1.09 bits per heavy atom. The number of aromatic amines is 1. The number of nitrogens with one attached hydrogen (secondary N) is 2. The van der Waals surface area contributed by atoms with E-state index >= 15 is 0 Å². The van der Waals surface area contributed by atoms with Crippen LogP contribution in [0.1, 0.15) is 83.3 Å². The monoisotopic (exact) mass is 466 g/mol. The average Bonchev–Trinajstić information content (AvgIpc) is 3.30. The van der Waals surface area contributed by atoms with Crippen molar-refractivity contribution in [3.05, 3.63) is 65.4 Å². The van der Waals surface area contributed by atoms with Gasteiger partial charge in [-0.25, -0.2) is 0 Å². The molecule has 1 amide bonds. The topological polar surface area (TPSA) is 54.1 Å². The standard InChI is InChI=1S/C26H34N2O2.2C2H6/c1-5-8-20(6-2)21-13-11-19(12-14-21)17-27-26(29)24-15-18(3)28-25(24)22-9-7-10-23(16-22)30-4;2*1-2/h5-10,15-16,19,21,28H,11-14,17H2,1-4H3,(H,27,29);2*1-2H3/b8-5-,20-6+;;. The van der Waals surface area contributed by atoms with Crippen molar-refractivity contribution in [1.29, 1.82) is 0 Å². The maximum atomic E-state index is 13.0. The minimum Gasteiger partial charge on any atom is -0.497 e. The van der Waals surface area contributed by atoms with Gasteiger partial charge in [-0.1, -0.05) is 58.1 Å². The van der Waals surface area contributed by atoms with Gasteiger partial charge in [-0.2, -0.15) is 0 Å². The minimum absolute atomic E-state index is 0.0117. The number of hydrogen-bond donors (Lipinski definition) is 2. The molecule has 2 aromatic rings. The zero-order chi connectivity index (χ0) is 25.5. The fourth-order valence-corrected chi connectivity index (χ4v) is 4.47. The zero-order valence-electron chi connectivity index (χ0n) is 22.6. The summed E-state index contributed by atoms with van der Waals surface area (Å²) in [4.78, 5) is 16.3. The van der Waals surface area contributed by atoms with Crippen LogP contribution in [0, 0.1) is 18.8 Å². The maximum absolute atomic E-state index is 13.0. The molecule has 0 atom stereocenters. The van der Waals surface area contributed by atoms with Crippen molar-refractivity contribution in [2.75, 3.05) is 13.7 Å². The molecule has 1 saturated carbocycles.